The van der Waals surface area contributed by atoms with Gasteiger partial charge in [-0.1, -0.05) is 0 Å². The van der Waals surface area contributed by atoms with Crippen LogP contribution in [0.4, 0.5) is 10.5 Å². The average molecular weight is 368 g/mol. The van der Waals surface area contributed by atoms with Crippen molar-refractivity contribution >= 4 is 17.7 Å². The van der Waals surface area contributed by atoms with Gasteiger partial charge in [-0.2, -0.15) is 0 Å². The Kier molecular flexibility index (Phi) is 6.38. The van der Waals surface area contributed by atoms with Gasteiger partial charge in [-0.25, -0.2) is 9.59 Å². The summed E-state index contributed by atoms with van der Waals surface area (Å²) >= 11 is 0. The van der Waals surface area contributed by atoms with E-state index in [4.69, 9.17) is 4.74 Å². The van der Waals surface area contributed by atoms with Crippen molar-refractivity contribution in [1.29, 1.82) is 0 Å². The quantitative estimate of drug-likeness (QED) is 0.821. The van der Waals surface area contributed by atoms with Gasteiger partial charge in [0.25, 0.3) is 0 Å². The molecule has 0 bridgehead atoms. The third-order valence-electron chi connectivity index (χ3n) is 4.46. The van der Waals surface area contributed by atoms with Crippen LogP contribution in [0, 0.1) is 0 Å². The van der Waals surface area contributed by atoms with E-state index in [2.05, 4.69) is 15.2 Å². The summed E-state index contributed by atoms with van der Waals surface area (Å²) in [6.45, 7) is 5.99. The maximum Gasteiger partial charge on any atom is 0.338 e. The highest BCUT2D eigenvalue weighted by Gasteiger charge is 2.21. The van der Waals surface area contributed by atoms with Gasteiger partial charge < -0.3 is 15.0 Å². The molecule has 2 amide bonds. The maximum atomic E-state index is 12.5. The highest BCUT2D eigenvalue weighted by Crippen LogP contribution is 2.13. The van der Waals surface area contributed by atoms with Gasteiger partial charge in [-0.15, -0.1) is 0 Å². The maximum absolute atomic E-state index is 12.5. The molecule has 2 heterocycles. The first-order chi connectivity index (χ1) is 13.2. The lowest BCUT2D eigenvalue weighted by molar-refractivity contribution is 0.0526. The number of piperazine rings is 1. The van der Waals surface area contributed by atoms with Crippen LogP contribution in [-0.4, -0.2) is 59.6 Å². The van der Waals surface area contributed by atoms with Gasteiger partial charge in [-0.3, -0.25) is 9.88 Å². The standard InChI is InChI=1S/C20H24N4O3/c1-2-27-19(25)17-3-5-18(6-4-17)22-20(26)24-13-11-23(12-14-24)15-16-7-9-21-10-8-16/h3-10H,2,11-15H2,1H3,(H,22,26). The second kappa shape index (κ2) is 9.14. The van der Waals surface area contributed by atoms with Crippen molar-refractivity contribution in [2.45, 2.75) is 13.5 Å². The molecule has 0 aliphatic carbocycles. The lowest BCUT2D eigenvalue weighted by atomic mass is 10.2. The number of esters is 1. The van der Waals surface area contributed by atoms with Crippen LogP contribution in [0.1, 0.15) is 22.8 Å². The number of nitrogens with zero attached hydrogens (tertiary/aromatic N) is 3. The first kappa shape index (κ1) is 18.8. The summed E-state index contributed by atoms with van der Waals surface area (Å²) in [6, 6.07) is 10.6. The van der Waals surface area contributed by atoms with E-state index in [1.807, 2.05) is 17.0 Å². The lowest BCUT2D eigenvalue weighted by Gasteiger charge is -2.34. The summed E-state index contributed by atoms with van der Waals surface area (Å²) in [6.07, 6.45) is 3.60. The molecule has 0 atom stereocenters. The average Bonchev–Trinajstić information content (AvgIpc) is 2.70. The molecule has 1 saturated heterocycles. The summed E-state index contributed by atoms with van der Waals surface area (Å²) in [7, 11) is 0. The van der Waals surface area contributed by atoms with E-state index in [1.165, 1.54) is 5.56 Å². The zero-order chi connectivity index (χ0) is 19.1. The van der Waals surface area contributed by atoms with E-state index in [0.29, 0.717) is 30.9 Å². The summed E-state index contributed by atoms with van der Waals surface area (Å²) in [5.41, 5.74) is 2.36. The predicted octanol–water partition coefficient (Wildman–Crippen LogP) is 2.61. The van der Waals surface area contributed by atoms with Gasteiger partial charge in [0.2, 0.25) is 0 Å². The Hall–Kier alpha value is -2.93. The molecule has 1 aromatic carbocycles. The minimum absolute atomic E-state index is 0.123. The molecule has 142 valence electrons. The molecule has 3 rings (SSSR count). The van der Waals surface area contributed by atoms with Crippen molar-refractivity contribution in [1.82, 2.24) is 14.8 Å². The second-order valence-electron chi connectivity index (χ2n) is 6.35. The van der Waals surface area contributed by atoms with Crippen LogP contribution in [0.3, 0.4) is 0 Å². The number of hydrogen-bond acceptors (Lipinski definition) is 5. The monoisotopic (exact) mass is 368 g/mol. The minimum atomic E-state index is -0.360. The molecule has 0 spiro atoms. The van der Waals surface area contributed by atoms with E-state index in [-0.39, 0.29) is 12.0 Å². The van der Waals surface area contributed by atoms with Gasteiger partial charge in [0.05, 0.1) is 12.2 Å². The van der Waals surface area contributed by atoms with E-state index in [9.17, 15) is 9.59 Å². The SMILES string of the molecule is CCOC(=O)c1ccc(NC(=O)N2CCN(Cc3ccncc3)CC2)cc1. The Morgan fingerprint density at radius 2 is 1.70 bits per heavy atom. The summed E-state index contributed by atoms with van der Waals surface area (Å²) in [4.78, 5) is 32.3. The summed E-state index contributed by atoms with van der Waals surface area (Å²) in [5, 5.41) is 2.88. The van der Waals surface area contributed by atoms with Crippen LogP contribution >= 0.6 is 0 Å². The van der Waals surface area contributed by atoms with Gasteiger partial charge >= 0.3 is 12.0 Å². The van der Waals surface area contributed by atoms with Crippen LogP contribution < -0.4 is 5.32 Å². The van der Waals surface area contributed by atoms with Crippen molar-refractivity contribution in [2.75, 3.05) is 38.1 Å². The molecule has 0 unspecified atom stereocenters. The van der Waals surface area contributed by atoms with Gasteiger partial charge in [-0.05, 0) is 48.9 Å². The predicted molar refractivity (Wildman–Crippen MR) is 103 cm³/mol. The Morgan fingerprint density at radius 1 is 1.04 bits per heavy atom. The van der Waals surface area contributed by atoms with E-state index in [1.54, 1.807) is 43.6 Å². The Labute approximate surface area is 158 Å². The lowest BCUT2D eigenvalue weighted by Crippen LogP contribution is -2.49. The van der Waals surface area contributed by atoms with Crippen molar-refractivity contribution in [3.05, 3.63) is 59.9 Å². The molecule has 0 radical (unpaired) electrons. The second-order valence-corrected chi connectivity index (χ2v) is 6.35. The van der Waals surface area contributed by atoms with Crippen molar-refractivity contribution in [3.8, 4) is 0 Å². The van der Waals surface area contributed by atoms with Crippen LogP contribution in [-0.2, 0) is 11.3 Å². The van der Waals surface area contributed by atoms with Crippen LogP contribution in [0.2, 0.25) is 0 Å². The smallest absolute Gasteiger partial charge is 0.338 e. The fourth-order valence-electron chi connectivity index (χ4n) is 2.96. The number of carbonyl (C=O) groups excluding carboxylic acids is 2. The third-order valence-corrected chi connectivity index (χ3v) is 4.46. The highest BCUT2D eigenvalue weighted by molar-refractivity contribution is 5.92. The first-order valence-electron chi connectivity index (χ1n) is 9.10. The number of anilines is 1. The molecular weight excluding hydrogens is 344 g/mol. The van der Waals surface area contributed by atoms with Gasteiger partial charge in [0, 0.05) is 50.8 Å². The number of aromatic nitrogens is 1. The fraction of sp³-hybridized carbons (Fsp3) is 0.350. The zero-order valence-corrected chi connectivity index (χ0v) is 15.4. The number of amides is 2. The fourth-order valence-corrected chi connectivity index (χ4v) is 2.96. The van der Waals surface area contributed by atoms with Gasteiger partial charge in [0.1, 0.15) is 0 Å². The molecule has 1 fully saturated rings. The summed E-state index contributed by atoms with van der Waals surface area (Å²) < 4.78 is 4.95. The normalized spacial score (nSPS) is 14.6. The molecule has 27 heavy (non-hydrogen) atoms. The zero-order valence-electron chi connectivity index (χ0n) is 15.4. The van der Waals surface area contributed by atoms with Crippen molar-refractivity contribution in [3.63, 3.8) is 0 Å². The van der Waals surface area contributed by atoms with Crippen molar-refractivity contribution in [2.24, 2.45) is 0 Å². The molecular formula is C20H24N4O3. The number of ether oxygens (including phenoxy) is 1. The molecule has 1 aromatic heterocycles. The molecule has 0 saturated carbocycles. The molecule has 1 N–H and O–H groups in total. The number of hydrogen-bond donors (Lipinski definition) is 1. The summed E-state index contributed by atoms with van der Waals surface area (Å²) in [5.74, 6) is -0.360. The van der Waals surface area contributed by atoms with Crippen LogP contribution in [0.25, 0.3) is 0 Å². The Balaban J connectivity index is 1.47. The number of nitrogens with one attached hydrogen (secondary N) is 1. The van der Waals surface area contributed by atoms with Crippen LogP contribution in [0.5, 0.6) is 0 Å². The van der Waals surface area contributed by atoms with E-state index in [0.717, 1.165) is 19.6 Å². The third kappa shape index (κ3) is 5.27. The largest absolute Gasteiger partial charge is 0.462 e. The van der Waals surface area contributed by atoms with Gasteiger partial charge in [0.15, 0.2) is 0 Å². The molecule has 7 nitrogen and oxygen atoms in total. The molecule has 1 aliphatic rings. The molecule has 2 aromatic rings. The highest BCUT2D eigenvalue weighted by atomic mass is 16.5. The molecule has 1 aliphatic heterocycles. The van der Waals surface area contributed by atoms with Crippen molar-refractivity contribution < 1.29 is 14.3 Å². The first-order valence-corrected chi connectivity index (χ1v) is 9.10. The topological polar surface area (TPSA) is 74.8 Å². The number of rotatable bonds is 5. The Morgan fingerprint density at radius 3 is 2.33 bits per heavy atom. The molecule has 7 heteroatoms. The minimum Gasteiger partial charge on any atom is -0.462 e. The number of carbonyl (C=O) groups is 2. The number of urea groups is 1. The Bertz CT molecular complexity index is 757. The number of pyridine rings is 1. The van der Waals surface area contributed by atoms with E-state index >= 15 is 0 Å². The van der Waals surface area contributed by atoms with Crippen LogP contribution in [0.15, 0.2) is 48.8 Å². The van der Waals surface area contributed by atoms with E-state index < -0.39 is 0 Å². The number of benzene rings is 1.